The van der Waals surface area contributed by atoms with Crippen molar-refractivity contribution in [2.45, 2.75) is 12.8 Å². The third kappa shape index (κ3) is 5.79. The van der Waals surface area contributed by atoms with Gasteiger partial charge < -0.3 is 20.7 Å². The highest BCUT2D eigenvalue weighted by Gasteiger charge is 2.35. The Hall–Kier alpha value is -4.00. The number of ether oxygens (including phenoxy) is 1. The molecule has 0 spiro atoms. The van der Waals surface area contributed by atoms with Crippen molar-refractivity contribution in [3.63, 3.8) is 0 Å². The number of nitriles is 1. The zero-order valence-corrected chi connectivity index (χ0v) is 21.3. The van der Waals surface area contributed by atoms with Crippen LogP contribution in [0, 0.1) is 11.3 Å². The molecule has 2 amide bonds. The van der Waals surface area contributed by atoms with Gasteiger partial charge in [-0.2, -0.15) is 16.6 Å². The number of anilines is 2. The van der Waals surface area contributed by atoms with Crippen LogP contribution in [0.1, 0.15) is 18.4 Å². The molecule has 182 valence electrons. The summed E-state index contributed by atoms with van der Waals surface area (Å²) in [6, 6.07) is 20.5. The van der Waals surface area contributed by atoms with E-state index in [4.69, 9.17) is 4.74 Å². The second kappa shape index (κ2) is 11.6. The van der Waals surface area contributed by atoms with Crippen LogP contribution in [-0.4, -0.2) is 24.7 Å². The molecular formula is C27H24N4O3S2. The third-order valence-corrected chi connectivity index (χ3v) is 7.22. The number of thioether (sulfide) groups is 1. The lowest BCUT2D eigenvalue weighted by molar-refractivity contribution is -0.114. The predicted molar refractivity (Wildman–Crippen MR) is 145 cm³/mol. The average Bonchev–Trinajstić information content (AvgIpc) is 3.42. The molecule has 3 N–H and O–H groups in total. The van der Waals surface area contributed by atoms with Gasteiger partial charge in [-0.3, -0.25) is 9.59 Å². The molecule has 0 saturated carbocycles. The van der Waals surface area contributed by atoms with E-state index in [-0.39, 0.29) is 17.6 Å². The summed E-state index contributed by atoms with van der Waals surface area (Å²) in [5, 5.41) is 23.5. The van der Waals surface area contributed by atoms with Crippen LogP contribution in [0.2, 0.25) is 0 Å². The minimum absolute atomic E-state index is 0.0832. The lowest BCUT2D eigenvalue weighted by Crippen LogP contribution is -2.31. The third-order valence-electron chi connectivity index (χ3n) is 5.50. The number of para-hydroxylation sites is 1. The van der Waals surface area contributed by atoms with Crippen molar-refractivity contribution in [2.24, 2.45) is 0 Å². The Morgan fingerprint density at radius 3 is 2.58 bits per heavy atom. The minimum Gasteiger partial charge on any atom is -0.497 e. The molecular weight excluding hydrogens is 492 g/mol. The Balaban J connectivity index is 1.56. The summed E-state index contributed by atoms with van der Waals surface area (Å²) in [5.41, 5.74) is 3.65. The molecule has 1 atom stereocenters. The van der Waals surface area contributed by atoms with Gasteiger partial charge in [0.15, 0.2) is 0 Å². The van der Waals surface area contributed by atoms with E-state index in [1.807, 2.05) is 54.1 Å². The number of hydrogen-bond donors (Lipinski definition) is 3. The average molecular weight is 517 g/mol. The first-order valence-electron chi connectivity index (χ1n) is 11.1. The van der Waals surface area contributed by atoms with Gasteiger partial charge in [-0.15, -0.1) is 0 Å². The van der Waals surface area contributed by atoms with E-state index in [0.29, 0.717) is 39.0 Å². The van der Waals surface area contributed by atoms with E-state index in [1.165, 1.54) is 23.1 Å². The molecule has 36 heavy (non-hydrogen) atoms. The first kappa shape index (κ1) is 25.1. The highest BCUT2D eigenvalue weighted by atomic mass is 32.2. The van der Waals surface area contributed by atoms with Gasteiger partial charge >= 0.3 is 0 Å². The van der Waals surface area contributed by atoms with E-state index < -0.39 is 5.92 Å². The van der Waals surface area contributed by atoms with Crippen molar-refractivity contribution in [3.8, 4) is 11.8 Å². The molecule has 1 aromatic heterocycles. The molecule has 3 aromatic rings. The largest absolute Gasteiger partial charge is 0.497 e. The standard InChI is InChI=1S/C27H24N4O3S2/c1-17-24(26(33)31-19-7-4-3-5-8-19)25(18-11-12-35-15-18)22(14-28)27(29-17)36-16-23(32)30-20-9-6-10-21(13-20)34-2/h3-13,15,25,29H,16H2,1-2H3,(H,30,32)(H,31,33). The Bertz CT molecular complexity index is 1360. The molecule has 0 fully saturated rings. The zero-order chi connectivity index (χ0) is 25.5. The van der Waals surface area contributed by atoms with Crippen LogP contribution < -0.4 is 20.7 Å². The number of benzene rings is 2. The van der Waals surface area contributed by atoms with Gasteiger partial charge in [0.05, 0.1) is 35.5 Å². The number of amides is 2. The van der Waals surface area contributed by atoms with Gasteiger partial charge in [0.2, 0.25) is 5.91 Å². The van der Waals surface area contributed by atoms with E-state index in [1.54, 1.807) is 31.4 Å². The number of dihydropyridines is 1. The maximum absolute atomic E-state index is 13.4. The molecule has 9 heteroatoms. The summed E-state index contributed by atoms with van der Waals surface area (Å²) in [6.07, 6.45) is 0. The van der Waals surface area contributed by atoms with Crippen LogP contribution in [0.5, 0.6) is 5.75 Å². The van der Waals surface area contributed by atoms with E-state index in [2.05, 4.69) is 22.0 Å². The molecule has 1 aliphatic rings. The highest BCUT2D eigenvalue weighted by molar-refractivity contribution is 8.03. The first-order chi connectivity index (χ1) is 17.5. The van der Waals surface area contributed by atoms with E-state index in [9.17, 15) is 14.9 Å². The normalized spacial score (nSPS) is 15.1. The fraction of sp³-hybridized carbons (Fsp3) is 0.148. The first-order valence-corrected chi connectivity index (χ1v) is 13.0. The van der Waals surface area contributed by atoms with Gasteiger partial charge in [-0.1, -0.05) is 36.0 Å². The monoisotopic (exact) mass is 516 g/mol. The quantitative estimate of drug-likeness (QED) is 0.367. The lowest BCUT2D eigenvalue weighted by atomic mass is 9.83. The van der Waals surface area contributed by atoms with Crippen molar-refractivity contribution in [2.75, 3.05) is 23.5 Å². The van der Waals surface area contributed by atoms with Crippen LogP contribution in [-0.2, 0) is 9.59 Å². The molecule has 4 rings (SSSR count). The molecule has 2 aromatic carbocycles. The summed E-state index contributed by atoms with van der Waals surface area (Å²) in [5.74, 6) is -0.323. The maximum Gasteiger partial charge on any atom is 0.254 e. The second-order valence-corrected chi connectivity index (χ2v) is 9.66. The van der Waals surface area contributed by atoms with Gasteiger partial charge in [-0.25, -0.2) is 0 Å². The van der Waals surface area contributed by atoms with Crippen molar-refractivity contribution >= 4 is 46.3 Å². The number of rotatable bonds is 8. The van der Waals surface area contributed by atoms with Crippen molar-refractivity contribution in [1.82, 2.24) is 5.32 Å². The van der Waals surface area contributed by atoms with Crippen LogP contribution in [0.15, 0.2) is 93.3 Å². The lowest BCUT2D eigenvalue weighted by Gasteiger charge is -2.29. The summed E-state index contributed by atoms with van der Waals surface area (Å²) in [7, 11) is 1.57. The number of thiophene rings is 1. The number of nitrogens with one attached hydrogen (secondary N) is 3. The minimum atomic E-state index is -0.546. The fourth-order valence-electron chi connectivity index (χ4n) is 3.86. The highest BCUT2D eigenvalue weighted by Crippen LogP contribution is 2.41. The molecule has 0 aliphatic carbocycles. The summed E-state index contributed by atoms with van der Waals surface area (Å²) in [6.45, 7) is 1.81. The summed E-state index contributed by atoms with van der Waals surface area (Å²) >= 11 is 2.73. The Morgan fingerprint density at radius 2 is 1.89 bits per heavy atom. The van der Waals surface area contributed by atoms with Crippen molar-refractivity contribution in [1.29, 1.82) is 5.26 Å². The van der Waals surface area contributed by atoms with Crippen molar-refractivity contribution < 1.29 is 14.3 Å². The van der Waals surface area contributed by atoms with E-state index >= 15 is 0 Å². The molecule has 7 nitrogen and oxygen atoms in total. The van der Waals surface area contributed by atoms with E-state index in [0.717, 1.165) is 5.56 Å². The van der Waals surface area contributed by atoms with Crippen LogP contribution in [0.3, 0.4) is 0 Å². The molecule has 0 saturated heterocycles. The molecule has 0 radical (unpaired) electrons. The topological polar surface area (TPSA) is 103 Å². The fourth-order valence-corrected chi connectivity index (χ4v) is 5.43. The smallest absolute Gasteiger partial charge is 0.254 e. The second-order valence-electron chi connectivity index (χ2n) is 7.90. The SMILES string of the molecule is COc1cccc(NC(=O)CSC2=C(C#N)C(c3ccsc3)C(C(=O)Nc3ccccc3)=C(C)N2)c1. The number of carbonyl (C=O) groups excluding carboxylic acids is 2. The number of allylic oxidation sites excluding steroid dienone is 2. The maximum atomic E-state index is 13.4. The number of nitrogens with zero attached hydrogens (tertiary/aromatic N) is 1. The van der Waals surface area contributed by atoms with Crippen LogP contribution >= 0.6 is 23.1 Å². The summed E-state index contributed by atoms with van der Waals surface area (Å²) < 4.78 is 5.20. The van der Waals surface area contributed by atoms with Gasteiger partial charge in [-0.05, 0) is 53.6 Å². The Labute approximate surface area is 217 Å². The molecule has 2 heterocycles. The number of hydrogen-bond acceptors (Lipinski definition) is 7. The predicted octanol–water partition coefficient (Wildman–Crippen LogP) is 5.46. The zero-order valence-electron chi connectivity index (χ0n) is 19.7. The molecule has 0 bridgehead atoms. The van der Waals surface area contributed by atoms with Gasteiger partial charge in [0.25, 0.3) is 5.91 Å². The van der Waals surface area contributed by atoms with Crippen molar-refractivity contribution in [3.05, 3.63) is 98.9 Å². The Kier molecular flexibility index (Phi) is 8.10. The Morgan fingerprint density at radius 1 is 1.11 bits per heavy atom. The number of methoxy groups -OCH3 is 1. The molecule has 1 unspecified atom stereocenters. The number of carbonyl (C=O) groups is 2. The van der Waals surface area contributed by atoms with Gasteiger partial charge in [0, 0.05) is 28.7 Å². The van der Waals surface area contributed by atoms with Crippen LogP contribution in [0.25, 0.3) is 0 Å². The molecule has 1 aliphatic heterocycles. The van der Waals surface area contributed by atoms with Gasteiger partial charge in [0.1, 0.15) is 5.75 Å². The summed E-state index contributed by atoms with van der Waals surface area (Å²) in [4.78, 5) is 26.0. The van der Waals surface area contributed by atoms with Crippen LogP contribution in [0.4, 0.5) is 11.4 Å².